The summed E-state index contributed by atoms with van der Waals surface area (Å²) in [7, 11) is 3.14. The van der Waals surface area contributed by atoms with Crippen LogP contribution in [-0.4, -0.2) is 38.6 Å². The van der Waals surface area contributed by atoms with Crippen molar-refractivity contribution in [1.82, 2.24) is 24.4 Å². The maximum atomic E-state index is 13.3. The van der Waals surface area contributed by atoms with Crippen molar-refractivity contribution in [2.24, 2.45) is 0 Å². The molecule has 0 aliphatic carbocycles. The first-order valence-electron chi connectivity index (χ1n) is 9.79. The van der Waals surface area contributed by atoms with Crippen molar-refractivity contribution in [3.05, 3.63) is 82.7 Å². The molecule has 3 aromatic heterocycles. The van der Waals surface area contributed by atoms with Gasteiger partial charge in [-0.2, -0.15) is 5.10 Å². The quantitative estimate of drug-likeness (QED) is 0.425. The van der Waals surface area contributed by atoms with Crippen molar-refractivity contribution in [3.8, 4) is 22.6 Å². The van der Waals surface area contributed by atoms with Crippen LogP contribution in [0.4, 0.5) is 4.39 Å². The Balaban J connectivity index is 1.56. The highest BCUT2D eigenvalue weighted by Gasteiger charge is 2.15. The van der Waals surface area contributed by atoms with Crippen LogP contribution in [0.5, 0.6) is 11.5 Å². The minimum atomic E-state index is -0.322. The van der Waals surface area contributed by atoms with Gasteiger partial charge in [0.05, 0.1) is 27.0 Å². The Morgan fingerprint density at radius 1 is 0.969 bits per heavy atom. The van der Waals surface area contributed by atoms with Crippen molar-refractivity contribution in [1.29, 1.82) is 0 Å². The molecule has 0 saturated heterocycles. The number of fused-ring (bicyclic) bond motifs is 3. The Morgan fingerprint density at radius 2 is 1.75 bits per heavy atom. The molecular weight excluding hydrogens is 413 g/mol. The fraction of sp³-hybridized carbons (Fsp3) is 0.130. The Hall–Kier alpha value is -4.27. The number of nitrogens with zero attached hydrogens (tertiary/aromatic N) is 5. The van der Waals surface area contributed by atoms with Crippen LogP contribution in [0.2, 0.25) is 0 Å². The molecule has 32 heavy (non-hydrogen) atoms. The SMILES string of the molecule is COc1ccc(Cn2ccc3c(nnc4c(-c5ccc(F)cc5)cnn43)c2=O)cc1OC. The van der Waals surface area contributed by atoms with Crippen LogP contribution in [0.3, 0.4) is 0 Å². The van der Waals surface area contributed by atoms with Crippen molar-refractivity contribution < 1.29 is 13.9 Å². The van der Waals surface area contributed by atoms with Crippen LogP contribution in [0, 0.1) is 5.82 Å². The summed E-state index contributed by atoms with van der Waals surface area (Å²) in [5.74, 6) is 0.882. The normalized spacial score (nSPS) is 11.2. The van der Waals surface area contributed by atoms with E-state index in [4.69, 9.17) is 9.47 Å². The average molecular weight is 431 g/mol. The second-order valence-corrected chi connectivity index (χ2v) is 7.17. The molecule has 0 bridgehead atoms. The van der Waals surface area contributed by atoms with Crippen LogP contribution < -0.4 is 15.0 Å². The number of hydrogen-bond donors (Lipinski definition) is 0. The minimum absolute atomic E-state index is 0.203. The first-order valence-corrected chi connectivity index (χ1v) is 9.79. The number of pyridine rings is 1. The molecule has 0 N–H and O–H groups in total. The number of hydrogen-bond acceptors (Lipinski definition) is 6. The Bertz CT molecular complexity index is 1510. The smallest absolute Gasteiger partial charge is 0.280 e. The lowest BCUT2D eigenvalue weighted by Crippen LogP contribution is -2.22. The molecule has 0 spiro atoms. The third kappa shape index (κ3) is 3.24. The third-order valence-electron chi connectivity index (χ3n) is 5.29. The summed E-state index contributed by atoms with van der Waals surface area (Å²) >= 11 is 0. The molecule has 2 aromatic carbocycles. The number of benzene rings is 2. The second-order valence-electron chi connectivity index (χ2n) is 7.17. The Labute approximate surface area is 181 Å². The van der Waals surface area contributed by atoms with Crippen molar-refractivity contribution >= 4 is 16.7 Å². The Morgan fingerprint density at radius 3 is 2.50 bits per heavy atom. The summed E-state index contributed by atoms with van der Waals surface area (Å²) in [6, 6.07) is 13.3. The van der Waals surface area contributed by atoms with E-state index in [0.717, 1.165) is 11.1 Å². The number of ether oxygens (including phenoxy) is 2. The number of halogens is 1. The molecule has 3 heterocycles. The van der Waals surface area contributed by atoms with Crippen LogP contribution in [0.25, 0.3) is 27.8 Å². The summed E-state index contributed by atoms with van der Waals surface area (Å²) in [6.45, 7) is 0.328. The highest BCUT2D eigenvalue weighted by atomic mass is 19.1. The van der Waals surface area contributed by atoms with Crippen molar-refractivity contribution in [3.63, 3.8) is 0 Å². The van der Waals surface area contributed by atoms with Gasteiger partial charge in [-0.15, -0.1) is 10.2 Å². The van der Waals surface area contributed by atoms with Crippen molar-refractivity contribution in [2.45, 2.75) is 6.54 Å². The summed E-state index contributed by atoms with van der Waals surface area (Å²) in [4.78, 5) is 13.1. The first-order chi connectivity index (χ1) is 15.6. The van der Waals surface area contributed by atoms with Gasteiger partial charge < -0.3 is 14.0 Å². The molecule has 0 unspecified atom stereocenters. The highest BCUT2D eigenvalue weighted by Crippen LogP contribution is 2.28. The van der Waals surface area contributed by atoms with E-state index in [-0.39, 0.29) is 16.9 Å². The van der Waals surface area contributed by atoms with E-state index in [9.17, 15) is 9.18 Å². The lowest BCUT2D eigenvalue weighted by molar-refractivity contribution is 0.354. The number of rotatable bonds is 5. The standard InChI is InChI=1S/C23H18FN5O3/c1-31-19-8-3-14(11-20(19)32-2)13-28-10-9-18-21(23(28)30)26-27-22-17(12-25-29(18)22)15-4-6-16(24)7-5-15/h3-12H,13H2,1-2H3. The van der Waals surface area contributed by atoms with Gasteiger partial charge in [-0.3, -0.25) is 4.79 Å². The summed E-state index contributed by atoms with van der Waals surface area (Å²) < 4.78 is 27.0. The van der Waals surface area contributed by atoms with Gasteiger partial charge in [-0.1, -0.05) is 18.2 Å². The van der Waals surface area contributed by atoms with Crippen LogP contribution >= 0.6 is 0 Å². The molecule has 0 radical (unpaired) electrons. The molecule has 0 fully saturated rings. The lowest BCUT2D eigenvalue weighted by atomic mass is 10.1. The molecule has 0 amide bonds. The topological polar surface area (TPSA) is 83.5 Å². The van der Waals surface area contributed by atoms with E-state index in [1.165, 1.54) is 12.1 Å². The molecule has 0 saturated carbocycles. The van der Waals surface area contributed by atoms with Gasteiger partial charge in [0.25, 0.3) is 5.56 Å². The molecular formula is C23H18FN5O3. The molecule has 9 heteroatoms. The van der Waals surface area contributed by atoms with E-state index in [1.807, 2.05) is 12.1 Å². The second kappa shape index (κ2) is 7.77. The van der Waals surface area contributed by atoms with Gasteiger partial charge in [0, 0.05) is 11.8 Å². The van der Waals surface area contributed by atoms with Gasteiger partial charge in [-0.05, 0) is 41.5 Å². The maximum absolute atomic E-state index is 13.3. The van der Waals surface area contributed by atoms with Gasteiger partial charge in [0.2, 0.25) is 0 Å². The zero-order valence-corrected chi connectivity index (χ0v) is 17.3. The van der Waals surface area contributed by atoms with Gasteiger partial charge in [0.15, 0.2) is 22.7 Å². The maximum Gasteiger partial charge on any atom is 0.280 e. The van der Waals surface area contributed by atoms with E-state index in [0.29, 0.717) is 34.8 Å². The van der Waals surface area contributed by atoms with Crippen molar-refractivity contribution in [2.75, 3.05) is 14.2 Å². The molecule has 5 rings (SSSR count). The Kier molecular flexibility index (Phi) is 4.78. The van der Waals surface area contributed by atoms with E-state index in [2.05, 4.69) is 15.3 Å². The summed E-state index contributed by atoms with van der Waals surface area (Å²) in [6.07, 6.45) is 3.33. The van der Waals surface area contributed by atoms with Crippen LogP contribution in [-0.2, 0) is 6.54 Å². The van der Waals surface area contributed by atoms with E-state index in [1.54, 1.807) is 60.0 Å². The molecule has 8 nitrogen and oxygen atoms in total. The minimum Gasteiger partial charge on any atom is -0.493 e. The molecule has 0 atom stereocenters. The fourth-order valence-corrected chi connectivity index (χ4v) is 3.66. The molecule has 0 aliphatic rings. The average Bonchev–Trinajstić information content (AvgIpc) is 3.25. The monoisotopic (exact) mass is 431 g/mol. The first kappa shape index (κ1) is 19.7. The third-order valence-corrected chi connectivity index (χ3v) is 5.29. The van der Waals surface area contributed by atoms with Gasteiger partial charge >= 0.3 is 0 Å². The van der Waals surface area contributed by atoms with Gasteiger partial charge in [-0.25, -0.2) is 8.91 Å². The highest BCUT2D eigenvalue weighted by molar-refractivity contribution is 5.82. The fourth-order valence-electron chi connectivity index (χ4n) is 3.66. The predicted octanol–water partition coefficient (Wildman–Crippen LogP) is 3.31. The molecule has 160 valence electrons. The summed E-state index contributed by atoms with van der Waals surface area (Å²) in [5, 5.41) is 12.8. The van der Waals surface area contributed by atoms with Gasteiger partial charge in [0.1, 0.15) is 11.3 Å². The molecule has 5 aromatic rings. The lowest BCUT2D eigenvalue weighted by Gasteiger charge is -2.11. The number of aromatic nitrogens is 5. The van der Waals surface area contributed by atoms with Crippen LogP contribution in [0.1, 0.15) is 5.56 Å². The van der Waals surface area contributed by atoms with Crippen LogP contribution in [0.15, 0.2) is 65.7 Å². The summed E-state index contributed by atoms with van der Waals surface area (Å²) in [5.41, 5.74) is 3.28. The van der Waals surface area contributed by atoms with E-state index >= 15 is 0 Å². The number of methoxy groups -OCH3 is 2. The zero-order valence-electron chi connectivity index (χ0n) is 17.3. The molecule has 0 aliphatic heterocycles. The zero-order chi connectivity index (χ0) is 22.2. The van der Waals surface area contributed by atoms with E-state index < -0.39 is 0 Å². The largest absolute Gasteiger partial charge is 0.493 e. The predicted molar refractivity (Wildman–Crippen MR) is 117 cm³/mol.